The lowest BCUT2D eigenvalue weighted by Crippen LogP contribution is -2.36. The first-order valence-corrected chi connectivity index (χ1v) is 11.3. The number of para-hydroxylation sites is 1. The van der Waals surface area contributed by atoms with Gasteiger partial charge < -0.3 is 19.2 Å². The Morgan fingerprint density at radius 3 is 2.47 bits per heavy atom. The van der Waals surface area contributed by atoms with Crippen LogP contribution in [0.15, 0.2) is 83.0 Å². The van der Waals surface area contributed by atoms with E-state index in [0.29, 0.717) is 23.3 Å². The maximum absolute atomic E-state index is 13.4. The molecule has 0 fully saturated rings. The van der Waals surface area contributed by atoms with E-state index in [1.165, 1.54) is 4.90 Å². The van der Waals surface area contributed by atoms with Gasteiger partial charge in [0.15, 0.2) is 0 Å². The standard InChI is InChI=1S/C28H31NO5/c1-20(2)29(28(32)23-13-11-22(12-14-23)25-9-6-17-33-25)19-24-7-4-5-8-26(24)34-18-16-21(3)10-15-27(30)31/h4-9,11-14,16-17,20H,10,15,18-19H2,1-3H3,(H,30,31)/b21-16+/i19D. The van der Waals surface area contributed by atoms with Crippen molar-refractivity contribution >= 4 is 11.9 Å². The van der Waals surface area contributed by atoms with Gasteiger partial charge in [-0.1, -0.05) is 35.9 Å². The van der Waals surface area contributed by atoms with Crippen LogP contribution in [0.1, 0.15) is 50.9 Å². The Labute approximate surface area is 201 Å². The van der Waals surface area contributed by atoms with Crippen LogP contribution in [0.5, 0.6) is 5.75 Å². The number of nitrogens with zero attached hydrogens (tertiary/aromatic N) is 1. The number of allylic oxidation sites excluding steroid dienone is 1. The predicted molar refractivity (Wildman–Crippen MR) is 132 cm³/mol. The molecule has 0 radical (unpaired) electrons. The van der Waals surface area contributed by atoms with E-state index in [1.54, 1.807) is 30.5 Å². The van der Waals surface area contributed by atoms with E-state index < -0.39 is 12.5 Å². The van der Waals surface area contributed by atoms with Crippen LogP contribution in [0, 0.1) is 0 Å². The van der Waals surface area contributed by atoms with E-state index in [-0.39, 0.29) is 25.0 Å². The highest BCUT2D eigenvalue weighted by Crippen LogP contribution is 2.24. The van der Waals surface area contributed by atoms with E-state index in [4.69, 9.17) is 15.6 Å². The third kappa shape index (κ3) is 6.85. The Balaban J connectivity index is 1.76. The number of carbonyl (C=O) groups is 2. The van der Waals surface area contributed by atoms with Gasteiger partial charge in [0.2, 0.25) is 0 Å². The number of carboxylic acids is 1. The first-order chi connectivity index (χ1) is 16.8. The quantitative estimate of drug-likeness (QED) is 0.344. The zero-order valence-electron chi connectivity index (χ0n) is 20.7. The number of furan rings is 1. The van der Waals surface area contributed by atoms with Crippen LogP contribution in [-0.2, 0) is 11.3 Å². The number of carbonyl (C=O) groups excluding carboxylic acids is 1. The first kappa shape index (κ1) is 23.4. The third-order valence-corrected chi connectivity index (χ3v) is 5.33. The molecule has 6 nitrogen and oxygen atoms in total. The van der Waals surface area contributed by atoms with Gasteiger partial charge in [-0.2, -0.15) is 0 Å². The van der Waals surface area contributed by atoms with Crippen molar-refractivity contribution in [3.63, 3.8) is 0 Å². The molecule has 1 atom stereocenters. The highest BCUT2D eigenvalue weighted by atomic mass is 16.5. The Morgan fingerprint density at radius 1 is 1.09 bits per heavy atom. The molecule has 1 aromatic heterocycles. The molecule has 0 bridgehead atoms. The summed E-state index contributed by atoms with van der Waals surface area (Å²) in [7, 11) is 0. The molecule has 6 heteroatoms. The monoisotopic (exact) mass is 462 g/mol. The Kier molecular flexibility index (Phi) is 8.17. The molecule has 1 heterocycles. The van der Waals surface area contributed by atoms with Gasteiger partial charge in [-0.15, -0.1) is 0 Å². The van der Waals surface area contributed by atoms with Gasteiger partial charge in [0.05, 0.1) is 7.63 Å². The molecular formula is C28H31NO5. The predicted octanol–water partition coefficient (Wildman–Crippen LogP) is 6.19. The molecule has 0 saturated carbocycles. The van der Waals surface area contributed by atoms with Crippen molar-refractivity contribution in [2.45, 2.75) is 46.2 Å². The van der Waals surface area contributed by atoms with Crippen molar-refractivity contribution in [2.75, 3.05) is 6.61 Å². The summed E-state index contributed by atoms with van der Waals surface area (Å²) in [5.74, 6) is 0.156. The maximum atomic E-state index is 13.4. The summed E-state index contributed by atoms with van der Waals surface area (Å²) >= 11 is 0. The lowest BCUT2D eigenvalue weighted by atomic mass is 10.1. The summed E-state index contributed by atoms with van der Waals surface area (Å²) < 4.78 is 20.3. The highest BCUT2D eigenvalue weighted by molar-refractivity contribution is 5.94. The van der Waals surface area contributed by atoms with Crippen molar-refractivity contribution in [3.8, 4) is 17.1 Å². The minimum absolute atomic E-state index is 0.0711. The molecule has 1 amide bonds. The number of hydrogen-bond acceptors (Lipinski definition) is 4. The average molecular weight is 463 g/mol. The lowest BCUT2D eigenvalue weighted by Gasteiger charge is -2.28. The van der Waals surface area contributed by atoms with E-state index in [9.17, 15) is 9.59 Å². The van der Waals surface area contributed by atoms with Crippen LogP contribution in [-0.4, -0.2) is 34.5 Å². The second-order valence-corrected chi connectivity index (χ2v) is 8.28. The van der Waals surface area contributed by atoms with Crippen molar-refractivity contribution in [1.82, 2.24) is 4.90 Å². The third-order valence-electron chi connectivity index (χ3n) is 5.33. The highest BCUT2D eigenvalue weighted by Gasteiger charge is 2.21. The summed E-state index contributed by atoms with van der Waals surface area (Å²) in [6.45, 7) is 4.91. The topological polar surface area (TPSA) is 80.0 Å². The van der Waals surface area contributed by atoms with E-state index in [2.05, 4.69) is 0 Å². The van der Waals surface area contributed by atoms with E-state index in [0.717, 1.165) is 16.9 Å². The fraction of sp³-hybridized carbons (Fsp3) is 0.286. The number of hydrogen-bond donors (Lipinski definition) is 1. The van der Waals surface area contributed by atoms with Crippen LogP contribution in [0.25, 0.3) is 11.3 Å². The molecule has 0 spiro atoms. The SMILES string of the molecule is [2H]C(c1ccccc1OC/C=C(\C)CCC(=O)O)N(C(=O)c1ccc(-c2ccco2)cc1)C(C)C. The molecule has 178 valence electrons. The first-order valence-electron chi connectivity index (χ1n) is 11.8. The largest absolute Gasteiger partial charge is 0.489 e. The zero-order chi connectivity index (χ0) is 25.4. The van der Waals surface area contributed by atoms with Crippen LogP contribution < -0.4 is 4.74 Å². The summed E-state index contributed by atoms with van der Waals surface area (Å²) in [5, 5.41) is 8.83. The Bertz CT molecular complexity index is 1150. The van der Waals surface area contributed by atoms with E-state index >= 15 is 0 Å². The summed E-state index contributed by atoms with van der Waals surface area (Å²) in [6.07, 6.45) is 3.97. The summed E-state index contributed by atoms with van der Waals surface area (Å²) in [4.78, 5) is 25.7. The average Bonchev–Trinajstić information content (AvgIpc) is 3.38. The molecule has 1 unspecified atom stereocenters. The summed E-state index contributed by atoms with van der Waals surface area (Å²) in [5.41, 5.74) is 2.86. The van der Waals surface area contributed by atoms with Crippen LogP contribution in [0.4, 0.5) is 0 Å². The van der Waals surface area contributed by atoms with Crippen molar-refractivity contribution in [1.29, 1.82) is 0 Å². The molecule has 34 heavy (non-hydrogen) atoms. The molecule has 0 saturated heterocycles. The van der Waals surface area contributed by atoms with Crippen molar-refractivity contribution in [2.24, 2.45) is 0 Å². The zero-order valence-corrected chi connectivity index (χ0v) is 19.7. The maximum Gasteiger partial charge on any atom is 0.303 e. The minimum atomic E-state index is -0.972. The second-order valence-electron chi connectivity index (χ2n) is 8.28. The molecule has 0 aliphatic carbocycles. The summed E-state index contributed by atoms with van der Waals surface area (Å²) in [6, 6.07) is 17.8. The van der Waals surface area contributed by atoms with Crippen molar-refractivity contribution in [3.05, 3.63) is 89.7 Å². The lowest BCUT2D eigenvalue weighted by molar-refractivity contribution is -0.136. The molecular weight excluding hydrogens is 430 g/mol. The van der Waals surface area contributed by atoms with Gasteiger partial charge in [0, 0.05) is 35.7 Å². The number of rotatable bonds is 11. The van der Waals surface area contributed by atoms with Gasteiger partial charge in [-0.05, 0) is 63.6 Å². The van der Waals surface area contributed by atoms with Gasteiger partial charge in [-0.3, -0.25) is 9.59 Å². The number of ether oxygens (including phenoxy) is 1. The van der Waals surface area contributed by atoms with Gasteiger partial charge in [-0.25, -0.2) is 0 Å². The van der Waals surface area contributed by atoms with Gasteiger partial charge >= 0.3 is 5.97 Å². The van der Waals surface area contributed by atoms with Crippen LogP contribution in [0.3, 0.4) is 0 Å². The smallest absolute Gasteiger partial charge is 0.303 e. The molecule has 3 aromatic rings. The van der Waals surface area contributed by atoms with Crippen LogP contribution in [0.2, 0.25) is 0 Å². The Morgan fingerprint density at radius 2 is 1.82 bits per heavy atom. The number of aliphatic carboxylic acids is 1. The van der Waals surface area contributed by atoms with E-state index in [1.807, 2.05) is 63.2 Å². The molecule has 2 aromatic carbocycles. The number of benzene rings is 2. The van der Waals surface area contributed by atoms with Crippen LogP contribution >= 0.6 is 0 Å². The number of carboxylic acid groups (broad SMARTS) is 1. The fourth-order valence-corrected chi connectivity index (χ4v) is 3.36. The fourth-order valence-electron chi connectivity index (χ4n) is 3.36. The molecule has 0 aliphatic heterocycles. The molecule has 1 N–H and O–H groups in total. The second kappa shape index (κ2) is 11.9. The van der Waals surface area contributed by atoms with Crippen molar-refractivity contribution < 1.29 is 25.2 Å². The Hall–Kier alpha value is -3.80. The van der Waals surface area contributed by atoms with Gasteiger partial charge in [0.1, 0.15) is 18.1 Å². The van der Waals surface area contributed by atoms with Gasteiger partial charge in [0.25, 0.3) is 5.91 Å². The minimum Gasteiger partial charge on any atom is -0.489 e. The molecule has 3 rings (SSSR count). The number of amides is 1. The normalized spacial score (nSPS) is 12.8. The molecule has 0 aliphatic rings.